The second-order valence-corrected chi connectivity index (χ2v) is 7.25. The first kappa shape index (κ1) is 18.8. The average molecular weight is 422 g/mol. The van der Waals surface area contributed by atoms with Gasteiger partial charge in [0.2, 0.25) is 0 Å². The summed E-state index contributed by atoms with van der Waals surface area (Å²) >= 11 is 3.27. The Morgan fingerprint density at radius 3 is 3.00 bits per heavy atom. The Hall–Kier alpha value is -1.99. The molecular formula is C19H21BrFN3O2. The number of anilines is 1. The molecular weight excluding hydrogens is 401 g/mol. The van der Waals surface area contributed by atoms with E-state index in [4.69, 9.17) is 4.84 Å². The molecule has 0 aliphatic carbocycles. The number of benzene rings is 1. The van der Waals surface area contributed by atoms with Gasteiger partial charge in [0.1, 0.15) is 18.2 Å². The molecule has 1 N–H and O–H groups in total. The Morgan fingerprint density at radius 1 is 1.38 bits per heavy atom. The van der Waals surface area contributed by atoms with Crippen LogP contribution < -0.4 is 10.4 Å². The van der Waals surface area contributed by atoms with Crippen molar-refractivity contribution < 1.29 is 14.0 Å². The van der Waals surface area contributed by atoms with Crippen LogP contribution in [0.2, 0.25) is 0 Å². The van der Waals surface area contributed by atoms with E-state index in [1.54, 1.807) is 24.4 Å². The van der Waals surface area contributed by atoms with Crippen LogP contribution in [0, 0.1) is 5.82 Å². The molecule has 5 nitrogen and oxygen atoms in total. The van der Waals surface area contributed by atoms with Gasteiger partial charge >= 0.3 is 0 Å². The van der Waals surface area contributed by atoms with Crippen molar-refractivity contribution in [1.82, 2.24) is 10.5 Å². The number of halogens is 2. The zero-order valence-corrected chi connectivity index (χ0v) is 16.1. The first-order valence-electron chi connectivity index (χ1n) is 8.63. The molecule has 0 saturated carbocycles. The van der Waals surface area contributed by atoms with Crippen LogP contribution in [0.15, 0.2) is 41.0 Å². The number of piperidine rings is 1. The van der Waals surface area contributed by atoms with Gasteiger partial charge in [-0.05, 0) is 56.0 Å². The van der Waals surface area contributed by atoms with Crippen molar-refractivity contribution in [1.29, 1.82) is 0 Å². The summed E-state index contributed by atoms with van der Waals surface area (Å²) < 4.78 is 13.7. The van der Waals surface area contributed by atoms with E-state index < -0.39 is 0 Å². The van der Waals surface area contributed by atoms with E-state index in [1.807, 2.05) is 0 Å². The molecule has 1 aromatic heterocycles. The Labute approximate surface area is 160 Å². The lowest BCUT2D eigenvalue weighted by Gasteiger charge is -2.34. The summed E-state index contributed by atoms with van der Waals surface area (Å²) in [5, 5.41) is 0. The monoisotopic (exact) mass is 421 g/mol. The van der Waals surface area contributed by atoms with E-state index >= 15 is 0 Å². The minimum Gasteiger partial charge on any atom is -0.354 e. The Morgan fingerprint density at radius 2 is 2.23 bits per heavy atom. The van der Waals surface area contributed by atoms with Gasteiger partial charge in [0.15, 0.2) is 0 Å². The van der Waals surface area contributed by atoms with Crippen molar-refractivity contribution in [3.8, 4) is 0 Å². The lowest BCUT2D eigenvalue weighted by Crippen LogP contribution is -2.38. The van der Waals surface area contributed by atoms with Gasteiger partial charge in [0.25, 0.3) is 5.91 Å². The number of rotatable bonds is 5. The molecule has 1 aliphatic rings. The molecule has 1 fully saturated rings. The predicted octanol–water partition coefficient (Wildman–Crippen LogP) is 4.22. The molecule has 3 rings (SSSR count). The highest BCUT2D eigenvalue weighted by Gasteiger charge is 2.20. The number of nitrogens with zero attached hydrogens (tertiary/aromatic N) is 2. The first-order valence-corrected chi connectivity index (χ1v) is 9.42. The highest BCUT2D eigenvalue weighted by Crippen LogP contribution is 2.23. The van der Waals surface area contributed by atoms with Crippen molar-refractivity contribution in [3.63, 3.8) is 0 Å². The van der Waals surface area contributed by atoms with Crippen molar-refractivity contribution in [2.75, 3.05) is 11.4 Å². The molecule has 26 heavy (non-hydrogen) atoms. The minimum absolute atomic E-state index is 0.133. The van der Waals surface area contributed by atoms with Crippen LogP contribution in [0.25, 0.3) is 0 Å². The van der Waals surface area contributed by atoms with Gasteiger partial charge in [-0.3, -0.25) is 9.63 Å². The Kier molecular flexibility index (Phi) is 6.21. The standard InChI is InChI=1S/C19H21BrFN3O2/c1-13-4-2-3-9-24(13)18-10-14(7-8-22-18)19(25)23-26-12-15-5-6-16(21)11-17(15)20/h5-8,10-11,13H,2-4,9,12H2,1H3,(H,23,25). The number of amides is 1. The largest absolute Gasteiger partial charge is 0.354 e. The van der Waals surface area contributed by atoms with Gasteiger partial charge in [0.05, 0.1) is 0 Å². The summed E-state index contributed by atoms with van der Waals surface area (Å²) in [6, 6.07) is 8.17. The zero-order valence-electron chi connectivity index (χ0n) is 14.5. The van der Waals surface area contributed by atoms with E-state index in [-0.39, 0.29) is 18.3 Å². The minimum atomic E-state index is -0.337. The van der Waals surface area contributed by atoms with Gasteiger partial charge in [-0.25, -0.2) is 14.9 Å². The Bertz CT molecular complexity index is 787. The van der Waals surface area contributed by atoms with Crippen LogP contribution in [0.5, 0.6) is 0 Å². The van der Waals surface area contributed by atoms with E-state index in [0.717, 1.165) is 30.8 Å². The third-order valence-electron chi connectivity index (χ3n) is 4.51. The van der Waals surface area contributed by atoms with Crippen molar-refractivity contribution in [2.45, 2.75) is 38.8 Å². The van der Waals surface area contributed by atoms with Gasteiger partial charge in [0, 0.05) is 28.8 Å². The van der Waals surface area contributed by atoms with Gasteiger partial charge in [-0.1, -0.05) is 22.0 Å². The number of carbonyl (C=O) groups is 1. The van der Waals surface area contributed by atoms with Crippen LogP contribution in [0.4, 0.5) is 10.2 Å². The third kappa shape index (κ3) is 4.59. The molecule has 1 aromatic carbocycles. The lowest BCUT2D eigenvalue weighted by molar-refractivity contribution is 0.0231. The van der Waals surface area contributed by atoms with Gasteiger partial charge in [-0.2, -0.15) is 0 Å². The maximum Gasteiger partial charge on any atom is 0.275 e. The quantitative estimate of drug-likeness (QED) is 0.734. The number of carbonyl (C=O) groups excluding carboxylic acids is 1. The van der Waals surface area contributed by atoms with E-state index in [2.05, 4.69) is 38.2 Å². The van der Waals surface area contributed by atoms with Crippen LogP contribution in [-0.4, -0.2) is 23.5 Å². The zero-order chi connectivity index (χ0) is 18.5. The fourth-order valence-electron chi connectivity index (χ4n) is 3.03. The van der Waals surface area contributed by atoms with Crippen LogP contribution in [0.1, 0.15) is 42.1 Å². The first-order chi connectivity index (χ1) is 12.5. The summed E-state index contributed by atoms with van der Waals surface area (Å²) in [6.07, 6.45) is 5.14. The normalized spacial score (nSPS) is 17.2. The summed E-state index contributed by atoms with van der Waals surface area (Å²) in [5.41, 5.74) is 3.66. The molecule has 7 heteroatoms. The average Bonchev–Trinajstić information content (AvgIpc) is 2.64. The summed E-state index contributed by atoms with van der Waals surface area (Å²) in [7, 11) is 0. The fourth-order valence-corrected chi connectivity index (χ4v) is 3.50. The molecule has 1 atom stereocenters. The van der Waals surface area contributed by atoms with E-state index in [0.29, 0.717) is 16.1 Å². The van der Waals surface area contributed by atoms with E-state index in [1.165, 1.54) is 18.6 Å². The molecule has 0 bridgehead atoms. The number of aromatic nitrogens is 1. The number of pyridine rings is 1. The molecule has 138 valence electrons. The fraction of sp³-hybridized carbons (Fsp3) is 0.368. The van der Waals surface area contributed by atoms with Crippen molar-refractivity contribution in [2.24, 2.45) is 0 Å². The smallest absolute Gasteiger partial charge is 0.275 e. The molecule has 2 aromatic rings. The number of nitrogens with one attached hydrogen (secondary N) is 1. The topological polar surface area (TPSA) is 54.5 Å². The molecule has 1 aliphatic heterocycles. The predicted molar refractivity (Wildman–Crippen MR) is 101 cm³/mol. The van der Waals surface area contributed by atoms with Crippen LogP contribution in [-0.2, 0) is 11.4 Å². The van der Waals surface area contributed by atoms with Crippen LogP contribution >= 0.6 is 15.9 Å². The van der Waals surface area contributed by atoms with E-state index in [9.17, 15) is 9.18 Å². The molecule has 1 unspecified atom stereocenters. The highest BCUT2D eigenvalue weighted by atomic mass is 79.9. The number of hydrogen-bond acceptors (Lipinski definition) is 4. The lowest BCUT2D eigenvalue weighted by atomic mass is 10.0. The molecule has 2 heterocycles. The molecule has 1 saturated heterocycles. The maximum atomic E-state index is 13.1. The van der Waals surface area contributed by atoms with Crippen LogP contribution in [0.3, 0.4) is 0 Å². The second kappa shape index (κ2) is 8.60. The number of hydrogen-bond donors (Lipinski definition) is 1. The highest BCUT2D eigenvalue weighted by molar-refractivity contribution is 9.10. The third-order valence-corrected chi connectivity index (χ3v) is 5.25. The molecule has 0 spiro atoms. The van der Waals surface area contributed by atoms with Crippen molar-refractivity contribution >= 4 is 27.7 Å². The molecule has 1 amide bonds. The summed E-state index contributed by atoms with van der Waals surface area (Å²) in [6.45, 7) is 3.26. The maximum absolute atomic E-state index is 13.1. The number of hydroxylamine groups is 1. The SMILES string of the molecule is CC1CCCCN1c1cc(C(=O)NOCc2ccc(F)cc2Br)ccn1. The van der Waals surface area contributed by atoms with Gasteiger partial charge in [-0.15, -0.1) is 0 Å². The molecule has 0 radical (unpaired) electrons. The van der Waals surface area contributed by atoms with Crippen molar-refractivity contribution in [3.05, 3.63) is 57.9 Å². The second-order valence-electron chi connectivity index (χ2n) is 6.40. The summed E-state index contributed by atoms with van der Waals surface area (Å²) in [4.78, 5) is 24.3. The summed E-state index contributed by atoms with van der Waals surface area (Å²) in [5.74, 6) is 0.142. The van der Waals surface area contributed by atoms with Gasteiger partial charge < -0.3 is 4.90 Å². The Balaban J connectivity index is 1.60.